The average Bonchev–Trinajstić information content (AvgIpc) is 2.75. The van der Waals surface area contributed by atoms with E-state index < -0.39 is 0 Å². The van der Waals surface area contributed by atoms with E-state index in [4.69, 9.17) is 25.8 Å². The van der Waals surface area contributed by atoms with Crippen LogP contribution in [0.4, 0.5) is 5.69 Å². The third-order valence-corrected chi connectivity index (χ3v) is 4.42. The van der Waals surface area contributed by atoms with E-state index in [1.807, 2.05) is 13.8 Å². The number of hydrogen-bond acceptors (Lipinski definition) is 6. The Labute approximate surface area is 180 Å². The smallest absolute Gasteiger partial charge is 0.321 e. The number of methoxy groups -OCH3 is 1. The van der Waals surface area contributed by atoms with Gasteiger partial charge in [-0.1, -0.05) is 18.5 Å². The van der Waals surface area contributed by atoms with Gasteiger partial charge in [-0.15, -0.1) is 0 Å². The summed E-state index contributed by atoms with van der Waals surface area (Å²) in [4.78, 5) is 20.8. The number of carbonyl (C=O) groups excluding carboxylic acids is 1. The quantitative estimate of drug-likeness (QED) is 0.526. The number of benzene rings is 2. The number of amides is 1. The van der Waals surface area contributed by atoms with Crippen LogP contribution >= 0.6 is 11.6 Å². The maximum atomic E-state index is 12.8. The van der Waals surface area contributed by atoms with Crippen LogP contribution in [0.2, 0.25) is 5.02 Å². The lowest BCUT2D eigenvalue weighted by atomic mass is 10.1. The standard InChI is InChI=1S/C22H22ClN3O4/c1-4-10-29-20-17(23)12-15(13-19(20)28-3)21(27)26-18-7-6-16(11-14(18)2)30-22-24-8-5-9-25-22/h5-9,11-13H,4,10H2,1-3H3,(H,26,27). The number of halogens is 1. The molecule has 1 amide bonds. The Balaban J connectivity index is 1.76. The van der Waals surface area contributed by atoms with Crippen molar-refractivity contribution in [2.24, 2.45) is 0 Å². The van der Waals surface area contributed by atoms with Gasteiger partial charge in [0.1, 0.15) is 5.75 Å². The molecule has 7 nitrogen and oxygen atoms in total. The van der Waals surface area contributed by atoms with E-state index in [-0.39, 0.29) is 11.9 Å². The number of carbonyl (C=O) groups is 1. The number of rotatable bonds is 8. The number of aryl methyl sites for hydroxylation is 1. The van der Waals surface area contributed by atoms with Gasteiger partial charge in [0.05, 0.1) is 18.7 Å². The van der Waals surface area contributed by atoms with Gasteiger partial charge >= 0.3 is 6.01 Å². The minimum Gasteiger partial charge on any atom is -0.493 e. The Morgan fingerprint density at radius 3 is 2.60 bits per heavy atom. The number of hydrogen-bond donors (Lipinski definition) is 1. The molecule has 0 atom stereocenters. The molecule has 1 N–H and O–H groups in total. The number of anilines is 1. The van der Waals surface area contributed by atoms with Gasteiger partial charge in [0.15, 0.2) is 11.5 Å². The predicted molar refractivity (Wildman–Crippen MR) is 115 cm³/mol. The highest BCUT2D eigenvalue weighted by atomic mass is 35.5. The van der Waals surface area contributed by atoms with Crippen molar-refractivity contribution in [1.29, 1.82) is 0 Å². The fourth-order valence-corrected chi connectivity index (χ4v) is 2.94. The normalized spacial score (nSPS) is 10.4. The molecule has 2 aromatic carbocycles. The van der Waals surface area contributed by atoms with Crippen LogP contribution in [-0.4, -0.2) is 29.6 Å². The topological polar surface area (TPSA) is 82.6 Å². The average molecular weight is 428 g/mol. The molecular weight excluding hydrogens is 406 g/mol. The molecule has 3 rings (SSSR count). The highest BCUT2D eigenvalue weighted by Crippen LogP contribution is 2.37. The fraction of sp³-hybridized carbons (Fsp3) is 0.227. The van der Waals surface area contributed by atoms with Crippen LogP contribution < -0.4 is 19.5 Å². The van der Waals surface area contributed by atoms with Crippen molar-refractivity contribution < 1.29 is 19.0 Å². The third kappa shape index (κ3) is 5.18. The van der Waals surface area contributed by atoms with E-state index in [1.54, 1.807) is 48.8 Å². The van der Waals surface area contributed by atoms with Crippen LogP contribution in [0.1, 0.15) is 29.3 Å². The molecule has 0 radical (unpaired) electrons. The molecule has 0 saturated heterocycles. The van der Waals surface area contributed by atoms with Crippen molar-refractivity contribution in [2.45, 2.75) is 20.3 Å². The van der Waals surface area contributed by atoms with Crippen LogP contribution in [0.15, 0.2) is 48.8 Å². The molecular formula is C22H22ClN3O4. The fourth-order valence-electron chi connectivity index (χ4n) is 2.67. The van der Waals surface area contributed by atoms with Crippen molar-refractivity contribution in [1.82, 2.24) is 9.97 Å². The zero-order chi connectivity index (χ0) is 21.5. The van der Waals surface area contributed by atoms with Gasteiger partial charge in [0.25, 0.3) is 5.91 Å². The molecule has 3 aromatic rings. The Morgan fingerprint density at radius 2 is 1.93 bits per heavy atom. The lowest BCUT2D eigenvalue weighted by Crippen LogP contribution is -2.13. The Bertz CT molecular complexity index is 1030. The van der Waals surface area contributed by atoms with E-state index in [0.29, 0.717) is 40.1 Å². The monoisotopic (exact) mass is 427 g/mol. The minimum atomic E-state index is -0.319. The van der Waals surface area contributed by atoms with Crippen LogP contribution in [0, 0.1) is 6.92 Å². The van der Waals surface area contributed by atoms with Gasteiger partial charge in [-0.3, -0.25) is 4.79 Å². The molecule has 0 spiro atoms. The number of aromatic nitrogens is 2. The van der Waals surface area contributed by atoms with Crippen LogP contribution in [-0.2, 0) is 0 Å². The molecule has 156 valence electrons. The molecule has 0 aliphatic rings. The SMILES string of the molecule is CCCOc1c(Cl)cc(C(=O)Nc2ccc(Oc3ncccn3)cc2C)cc1OC. The highest BCUT2D eigenvalue weighted by Gasteiger charge is 2.17. The summed E-state index contributed by atoms with van der Waals surface area (Å²) in [6, 6.07) is 10.4. The van der Waals surface area contributed by atoms with Crippen molar-refractivity contribution in [3.8, 4) is 23.3 Å². The van der Waals surface area contributed by atoms with E-state index in [2.05, 4.69) is 15.3 Å². The maximum Gasteiger partial charge on any atom is 0.321 e. The summed E-state index contributed by atoms with van der Waals surface area (Å²) in [5.41, 5.74) is 1.82. The predicted octanol–water partition coefficient (Wildman–Crippen LogP) is 5.28. The molecule has 0 fully saturated rings. The lowest BCUT2D eigenvalue weighted by molar-refractivity contribution is 0.102. The Kier molecular flexibility index (Phi) is 7.08. The summed E-state index contributed by atoms with van der Waals surface area (Å²) in [6.45, 7) is 4.36. The number of ether oxygens (including phenoxy) is 3. The van der Waals surface area contributed by atoms with E-state index >= 15 is 0 Å². The molecule has 0 saturated carbocycles. The second-order valence-corrected chi connectivity index (χ2v) is 6.81. The molecule has 1 aromatic heterocycles. The summed E-state index contributed by atoms with van der Waals surface area (Å²) in [5.74, 6) is 1.09. The second-order valence-electron chi connectivity index (χ2n) is 6.40. The molecule has 0 unspecified atom stereocenters. The first-order chi connectivity index (χ1) is 14.5. The van der Waals surface area contributed by atoms with Crippen molar-refractivity contribution >= 4 is 23.2 Å². The Morgan fingerprint density at radius 1 is 1.17 bits per heavy atom. The van der Waals surface area contributed by atoms with Gasteiger partial charge < -0.3 is 19.5 Å². The van der Waals surface area contributed by atoms with E-state index in [9.17, 15) is 4.79 Å². The zero-order valence-corrected chi connectivity index (χ0v) is 17.7. The van der Waals surface area contributed by atoms with Gasteiger partial charge in [-0.25, -0.2) is 9.97 Å². The molecule has 0 bridgehead atoms. The molecule has 1 heterocycles. The van der Waals surface area contributed by atoms with Gasteiger partial charge in [0.2, 0.25) is 0 Å². The van der Waals surface area contributed by atoms with E-state index in [0.717, 1.165) is 12.0 Å². The largest absolute Gasteiger partial charge is 0.493 e. The van der Waals surface area contributed by atoms with Gasteiger partial charge in [0, 0.05) is 23.6 Å². The van der Waals surface area contributed by atoms with Gasteiger partial charge in [-0.05, 0) is 55.3 Å². The van der Waals surface area contributed by atoms with Crippen LogP contribution in [0.3, 0.4) is 0 Å². The summed E-state index contributed by atoms with van der Waals surface area (Å²) in [6.07, 6.45) is 4.03. The maximum absolute atomic E-state index is 12.8. The molecule has 0 aliphatic carbocycles. The molecule has 0 aliphatic heterocycles. The summed E-state index contributed by atoms with van der Waals surface area (Å²) < 4.78 is 16.6. The van der Waals surface area contributed by atoms with E-state index in [1.165, 1.54) is 7.11 Å². The van der Waals surface area contributed by atoms with Crippen LogP contribution in [0.25, 0.3) is 0 Å². The van der Waals surface area contributed by atoms with Crippen molar-refractivity contribution in [3.05, 3.63) is 64.9 Å². The summed E-state index contributed by atoms with van der Waals surface area (Å²) in [7, 11) is 1.51. The second kappa shape index (κ2) is 9.93. The van der Waals surface area contributed by atoms with Crippen molar-refractivity contribution in [3.63, 3.8) is 0 Å². The van der Waals surface area contributed by atoms with Gasteiger partial charge in [-0.2, -0.15) is 0 Å². The molecule has 30 heavy (non-hydrogen) atoms. The minimum absolute atomic E-state index is 0.251. The first-order valence-electron chi connectivity index (χ1n) is 9.39. The zero-order valence-electron chi connectivity index (χ0n) is 16.9. The van der Waals surface area contributed by atoms with Crippen LogP contribution in [0.5, 0.6) is 23.3 Å². The number of nitrogens with zero attached hydrogens (tertiary/aromatic N) is 2. The first kappa shape index (κ1) is 21.4. The highest BCUT2D eigenvalue weighted by molar-refractivity contribution is 6.32. The first-order valence-corrected chi connectivity index (χ1v) is 9.76. The van der Waals surface area contributed by atoms with Crippen molar-refractivity contribution in [2.75, 3.05) is 19.0 Å². The summed E-state index contributed by atoms with van der Waals surface area (Å²) in [5, 5.41) is 3.19. The Hall–Kier alpha value is -3.32. The molecule has 8 heteroatoms. The lowest BCUT2D eigenvalue weighted by Gasteiger charge is -2.14. The third-order valence-electron chi connectivity index (χ3n) is 4.14. The number of nitrogens with one attached hydrogen (secondary N) is 1. The summed E-state index contributed by atoms with van der Waals surface area (Å²) >= 11 is 6.31.